The minimum atomic E-state index is -0.526. The lowest BCUT2D eigenvalue weighted by Crippen LogP contribution is -2.24. The smallest absolute Gasteiger partial charge is 0.287 e. The third-order valence-corrected chi connectivity index (χ3v) is 2.30. The predicted molar refractivity (Wildman–Crippen MR) is 57.0 cm³/mol. The van der Waals surface area contributed by atoms with Crippen LogP contribution in [0.2, 0.25) is 0 Å². The largest absolute Gasteiger partial charge is 0.292 e. The molecule has 82 valence electrons. The maximum atomic E-state index is 11.5. The van der Waals surface area contributed by atoms with Gasteiger partial charge in [0.05, 0.1) is 4.92 Å². The highest BCUT2D eigenvalue weighted by atomic mass is 16.6. The molecule has 0 bridgehead atoms. The summed E-state index contributed by atoms with van der Waals surface area (Å²) in [5, 5.41) is 10.4. The van der Waals surface area contributed by atoms with Gasteiger partial charge < -0.3 is 0 Å². The van der Waals surface area contributed by atoms with Crippen molar-refractivity contribution in [2.45, 2.75) is 6.42 Å². The molecule has 1 aliphatic rings. The molecule has 0 spiro atoms. The number of pyridine rings is 1. The molecule has 6 nitrogen and oxygen atoms in total. The van der Waals surface area contributed by atoms with E-state index < -0.39 is 4.92 Å². The Morgan fingerprint density at radius 3 is 2.69 bits per heavy atom. The monoisotopic (exact) mass is 219 g/mol. The summed E-state index contributed by atoms with van der Waals surface area (Å²) in [4.78, 5) is 26.7. The molecular formula is C10H9N3O3. The van der Waals surface area contributed by atoms with Crippen molar-refractivity contribution in [2.24, 2.45) is 0 Å². The third kappa shape index (κ3) is 1.77. The van der Waals surface area contributed by atoms with Crippen LogP contribution in [0.4, 0.5) is 11.5 Å². The van der Waals surface area contributed by atoms with E-state index in [9.17, 15) is 14.9 Å². The molecule has 0 radical (unpaired) electrons. The van der Waals surface area contributed by atoms with Crippen molar-refractivity contribution in [3.8, 4) is 0 Å². The Labute approximate surface area is 91.4 Å². The molecule has 0 unspecified atom stereocenters. The number of nitrogens with zero attached hydrogens (tertiary/aromatic N) is 3. The first kappa shape index (κ1) is 10.3. The lowest BCUT2D eigenvalue weighted by Gasteiger charge is -2.13. The van der Waals surface area contributed by atoms with Crippen molar-refractivity contribution in [1.29, 1.82) is 0 Å². The van der Waals surface area contributed by atoms with E-state index in [0.717, 1.165) is 11.8 Å². The molecule has 1 aromatic heterocycles. The maximum Gasteiger partial charge on any atom is 0.287 e. The summed E-state index contributed by atoms with van der Waals surface area (Å²) in [6.07, 6.45) is 1.46. The van der Waals surface area contributed by atoms with Gasteiger partial charge in [-0.1, -0.05) is 6.58 Å². The van der Waals surface area contributed by atoms with Crippen molar-refractivity contribution in [3.05, 3.63) is 40.6 Å². The average Bonchev–Trinajstić information content (AvgIpc) is 2.58. The highest BCUT2D eigenvalue weighted by Crippen LogP contribution is 2.22. The first-order chi connectivity index (χ1) is 7.58. The van der Waals surface area contributed by atoms with Crippen molar-refractivity contribution in [2.75, 3.05) is 11.4 Å². The summed E-state index contributed by atoms with van der Waals surface area (Å²) in [7, 11) is 0. The van der Waals surface area contributed by atoms with E-state index in [4.69, 9.17) is 0 Å². The molecule has 0 saturated carbocycles. The van der Waals surface area contributed by atoms with Crippen LogP contribution in [0, 0.1) is 10.1 Å². The zero-order chi connectivity index (χ0) is 11.7. The fraction of sp³-hybridized carbons (Fsp3) is 0.200. The van der Waals surface area contributed by atoms with Gasteiger partial charge in [-0.25, -0.2) is 4.98 Å². The summed E-state index contributed by atoms with van der Waals surface area (Å²) in [6, 6.07) is 2.80. The van der Waals surface area contributed by atoms with Crippen LogP contribution in [0.3, 0.4) is 0 Å². The second kappa shape index (κ2) is 3.73. The number of amides is 1. The molecule has 16 heavy (non-hydrogen) atoms. The number of hydrogen-bond donors (Lipinski definition) is 0. The molecule has 2 heterocycles. The molecule has 2 rings (SSSR count). The van der Waals surface area contributed by atoms with Crippen LogP contribution < -0.4 is 4.90 Å². The lowest BCUT2D eigenvalue weighted by atomic mass is 10.3. The van der Waals surface area contributed by atoms with Crippen molar-refractivity contribution in [3.63, 3.8) is 0 Å². The Morgan fingerprint density at radius 1 is 1.50 bits per heavy atom. The Hall–Kier alpha value is -2.24. The average molecular weight is 219 g/mol. The molecule has 1 aromatic rings. The zero-order valence-corrected chi connectivity index (χ0v) is 8.42. The Morgan fingerprint density at radius 2 is 2.25 bits per heavy atom. The van der Waals surface area contributed by atoms with Crippen molar-refractivity contribution in [1.82, 2.24) is 4.98 Å². The maximum absolute atomic E-state index is 11.5. The molecule has 1 amide bonds. The lowest BCUT2D eigenvalue weighted by molar-refractivity contribution is -0.385. The van der Waals surface area contributed by atoms with Gasteiger partial charge in [-0.05, 0) is 11.6 Å². The van der Waals surface area contributed by atoms with Gasteiger partial charge in [0, 0.05) is 19.0 Å². The van der Waals surface area contributed by atoms with E-state index in [0.29, 0.717) is 18.8 Å². The molecule has 0 aromatic carbocycles. The molecule has 1 fully saturated rings. The van der Waals surface area contributed by atoms with Gasteiger partial charge in [-0.2, -0.15) is 0 Å². The Bertz CT molecular complexity index is 467. The van der Waals surface area contributed by atoms with Gasteiger partial charge in [0.25, 0.3) is 5.69 Å². The highest BCUT2D eigenvalue weighted by molar-refractivity contribution is 5.97. The van der Waals surface area contributed by atoms with Crippen LogP contribution in [-0.2, 0) is 4.79 Å². The van der Waals surface area contributed by atoms with Gasteiger partial charge >= 0.3 is 0 Å². The van der Waals surface area contributed by atoms with E-state index in [1.165, 1.54) is 17.0 Å². The van der Waals surface area contributed by atoms with Gasteiger partial charge in [0.2, 0.25) is 5.91 Å². The van der Waals surface area contributed by atoms with Crippen LogP contribution in [0.5, 0.6) is 0 Å². The van der Waals surface area contributed by atoms with Crippen LogP contribution >= 0.6 is 0 Å². The number of anilines is 1. The van der Waals surface area contributed by atoms with Gasteiger partial charge in [0.1, 0.15) is 12.0 Å². The first-order valence-corrected chi connectivity index (χ1v) is 4.65. The minimum Gasteiger partial charge on any atom is -0.292 e. The molecule has 1 aliphatic heterocycles. The van der Waals surface area contributed by atoms with Gasteiger partial charge in [-0.3, -0.25) is 19.8 Å². The highest BCUT2D eigenvalue weighted by Gasteiger charge is 2.25. The van der Waals surface area contributed by atoms with Crippen molar-refractivity contribution >= 4 is 17.4 Å². The molecule has 0 atom stereocenters. The van der Waals surface area contributed by atoms with Gasteiger partial charge in [-0.15, -0.1) is 0 Å². The van der Waals surface area contributed by atoms with E-state index in [2.05, 4.69) is 11.6 Å². The van der Waals surface area contributed by atoms with Crippen LogP contribution in [0.15, 0.2) is 30.5 Å². The third-order valence-electron chi connectivity index (χ3n) is 2.30. The first-order valence-electron chi connectivity index (χ1n) is 4.65. The fourth-order valence-electron chi connectivity index (χ4n) is 1.53. The number of nitro groups is 1. The minimum absolute atomic E-state index is 0.0775. The van der Waals surface area contributed by atoms with Crippen molar-refractivity contribution < 1.29 is 9.72 Å². The molecular weight excluding hydrogens is 210 g/mol. The zero-order valence-electron chi connectivity index (χ0n) is 8.42. The van der Waals surface area contributed by atoms with Crippen LogP contribution in [-0.4, -0.2) is 22.4 Å². The summed E-state index contributed by atoms with van der Waals surface area (Å²) >= 11 is 0. The second-order valence-electron chi connectivity index (χ2n) is 3.54. The quantitative estimate of drug-likeness (QED) is 0.426. The van der Waals surface area contributed by atoms with E-state index in [1.54, 1.807) is 0 Å². The Balaban J connectivity index is 2.25. The summed E-state index contributed by atoms with van der Waals surface area (Å²) < 4.78 is 0. The van der Waals surface area contributed by atoms with E-state index in [1.807, 2.05) is 0 Å². The summed E-state index contributed by atoms with van der Waals surface area (Å²) in [6.45, 7) is 4.16. The molecule has 1 saturated heterocycles. The standard InChI is InChI=1S/C10H9N3O3/c1-7-4-10(14)12(6-7)9-3-2-8(5-11-9)13(15)16/h2-3,5H,1,4,6H2. The van der Waals surface area contributed by atoms with Crippen LogP contribution in [0.1, 0.15) is 6.42 Å². The normalized spacial score (nSPS) is 15.6. The molecule has 0 aliphatic carbocycles. The summed E-state index contributed by atoms with van der Waals surface area (Å²) in [5.41, 5.74) is 0.736. The van der Waals surface area contributed by atoms with E-state index >= 15 is 0 Å². The molecule has 6 heteroatoms. The number of hydrogen-bond acceptors (Lipinski definition) is 4. The topological polar surface area (TPSA) is 76.3 Å². The number of carbonyl (C=O) groups is 1. The Kier molecular flexibility index (Phi) is 2.40. The number of rotatable bonds is 2. The molecule has 0 N–H and O–H groups in total. The van der Waals surface area contributed by atoms with Gasteiger partial charge in [0.15, 0.2) is 0 Å². The number of carbonyl (C=O) groups excluding carboxylic acids is 1. The van der Waals surface area contributed by atoms with Crippen LogP contribution in [0.25, 0.3) is 0 Å². The van der Waals surface area contributed by atoms with E-state index in [-0.39, 0.29) is 11.6 Å². The fourth-order valence-corrected chi connectivity index (χ4v) is 1.53. The second-order valence-corrected chi connectivity index (χ2v) is 3.54. The number of aromatic nitrogens is 1. The summed E-state index contributed by atoms with van der Waals surface area (Å²) in [5.74, 6) is 0.348. The SMILES string of the molecule is C=C1CC(=O)N(c2ccc([N+](=O)[O-])cn2)C1. The predicted octanol–water partition coefficient (Wildman–Crippen LogP) is 1.28.